The number of para-hydroxylation sites is 1. The Morgan fingerprint density at radius 1 is 1.04 bits per heavy atom. The van der Waals surface area contributed by atoms with Gasteiger partial charge in [-0.05, 0) is 41.9 Å². The van der Waals surface area contributed by atoms with Crippen molar-refractivity contribution in [2.75, 3.05) is 18.0 Å². The maximum atomic E-state index is 12.3. The van der Waals surface area contributed by atoms with Crippen LogP contribution in [0.4, 0.5) is 5.69 Å². The van der Waals surface area contributed by atoms with E-state index in [-0.39, 0.29) is 17.7 Å². The molecule has 1 aliphatic heterocycles. The molecule has 3 rings (SSSR count). The molecular weight excluding hydrogens is 308 g/mol. The molecule has 3 nitrogen and oxygen atoms in total. The number of hydrogen-bond donors (Lipinski definition) is 1. The number of benzene rings is 2. The van der Waals surface area contributed by atoms with Gasteiger partial charge in [0, 0.05) is 18.8 Å². The predicted octanol–water partition coefficient (Wildman–Crippen LogP) is 4.30. The van der Waals surface area contributed by atoms with E-state index in [1.165, 1.54) is 24.1 Å². The molecule has 0 aromatic heterocycles. The van der Waals surface area contributed by atoms with Crippen LogP contribution in [0.3, 0.4) is 0 Å². The van der Waals surface area contributed by atoms with Gasteiger partial charge in [0.25, 0.3) is 0 Å². The standard InChI is InChI=1S/C22H28N2O/c1-16-12-14-24(15-13-16)20-11-7-6-10-19(20)17(2)21(22(23)25)18-8-4-3-5-9-18/h3-11,16-17,21H,12-15H2,1-2H3,(H2,23,25). The van der Waals surface area contributed by atoms with Gasteiger partial charge in [0.05, 0.1) is 5.92 Å². The summed E-state index contributed by atoms with van der Waals surface area (Å²) < 4.78 is 0. The summed E-state index contributed by atoms with van der Waals surface area (Å²) in [5.74, 6) is 0.255. The van der Waals surface area contributed by atoms with E-state index in [1.54, 1.807) is 0 Å². The molecule has 0 saturated carbocycles. The van der Waals surface area contributed by atoms with Gasteiger partial charge in [0.15, 0.2) is 0 Å². The number of carbonyl (C=O) groups excluding carboxylic acids is 1. The third-order valence-corrected chi connectivity index (χ3v) is 5.52. The van der Waals surface area contributed by atoms with Crippen LogP contribution in [0.25, 0.3) is 0 Å². The van der Waals surface area contributed by atoms with Gasteiger partial charge in [0.1, 0.15) is 0 Å². The fourth-order valence-electron chi connectivity index (χ4n) is 3.95. The van der Waals surface area contributed by atoms with Gasteiger partial charge < -0.3 is 10.6 Å². The first-order valence-corrected chi connectivity index (χ1v) is 9.26. The highest BCUT2D eigenvalue weighted by Gasteiger charge is 2.29. The van der Waals surface area contributed by atoms with E-state index in [9.17, 15) is 4.79 Å². The molecule has 0 aliphatic carbocycles. The normalized spacial score (nSPS) is 17.9. The lowest BCUT2D eigenvalue weighted by Crippen LogP contribution is -2.34. The average molecular weight is 336 g/mol. The zero-order chi connectivity index (χ0) is 17.8. The molecule has 0 radical (unpaired) electrons. The number of hydrogen-bond acceptors (Lipinski definition) is 2. The number of piperidine rings is 1. The van der Waals surface area contributed by atoms with Crippen molar-refractivity contribution in [1.82, 2.24) is 0 Å². The van der Waals surface area contributed by atoms with Gasteiger partial charge in [0.2, 0.25) is 5.91 Å². The molecule has 25 heavy (non-hydrogen) atoms. The second-order valence-electron chi connectivity index (χ2n) is 7.31. The Bertz CT molecular complexity index is 705. The molecular formula is C22H28N2O. The van der Waals surface area contributed by atoms with Crippen LogP contribution < -0.4 is 10.6 Å². The molecule has 1 amide bonds. The number of anilines is 1. The Kier molecular flexibility index (Phi) is 5.42. The Labute approximate surface area is 150 Å². The summed E-state index contributed by atoms with van der Waals surface area (Å²) in [6.45, 7) is 6.60. The van der Waals surface area contributed by atoms with Crippen molar-refractivity contribution in [3.63, 3.8) is 0 Å². The Hall–Kier alpha value is -2.29. The number of primary amides is 1. The van der Waals surface area contributed by atoms with Crippen LogP contribution in [0.2, 0.25) is 0 Å². The van der Waals surface area contributed by atoms with Gasteiger partial charge >= 0.3 is 0 Å². The molecule has 1 fully saturated rings. The SMILES string of the molecule is CC1CCN(c2ccccc2C(C)C(C(N)=O)c2ccccc2)CC1. The van der Waals surface area contributed by atoms with Crippen LogP contribution in [-0.2, 0) is 4.79 Å². The summed E-state index contributed by atoms with van der Waals surface area (Å²) in [6.07, 6.45) is 2.45. The summed E-state index contributed by atoms with van der Waals surface area (Å²) in [5.41, 5.74) is 9.26. The van der Waals surface area contributed by atoms with Gasteiger partial charge in [-0.2, -0.15) is 0 Å². The molecule has 1 saturated heterocycles. The molecule has 132 valence electrons. The third kappa shape index (κ3) is 3.87. The van der Waals surface area contributed by atoms with Crippen molar-refractivity contribution in [2.45, 2.75) is 38.5 Å². The Morgan fingerprint density at radius 3 is 2.28 bits per heavy atom. The van der Waals surface area contributed by atoms with Gasteiger partial charge in [-0.15, -0.1) is 0 Å². The fraction of sp³-hybridized carbons (Fsp3) is 0.409. The number of amides is 1. The largest absolute Gasteiger partial charge is 0.371 e. The molecule has 3 heteroatoms. The lowest BCUT2D eigenvalue weighted by molar-refractivity contribution is -0.119. The summed E-state index contributed by atoms with van der Waals surface area (Å²) in [7, 11) is 0. The van der Waals surface area contributed by atoms with Crippen LogP contribution in [0.15, 0.2) is 54.6 Å². The quantitative estimate of drug-likeness (QED) is 0.885. The lowest BCUT2D eigenvalue weighted by atomic mass is 9.81. The van der Waals surface area contributed by atoms with Crippen molar-refractivity contribution in [3.8, 4) is 0 Å². The number of nitrogens with zero attached hydrogens (tertiary/aromatic N) is 1. The van der Waals surface area contributed by atoms with Crippen LogP contribution in [0, 0.1) is 5.92 Å². The van der Waals surface area contributed by atoms with Gasteiger partial charge in [-0.3, -0.25) is 4.79 Å². The highest BCUT2D eigenvalue weighted by atomic mass is 16.1. The Morgan fingerprint density at radius 2 is 1.64 bits per heavy atom. The van der Waals surface area contributed by atoms with E-state index in [4.69, 9.17) is 5.73 Å². The van der Waals surface area contributed by atoms with E-state index in [0.717, 1.165) is 24.6 Å². The first-order chi connectivity index (χ1) is 12.1. The maximum Gasteiger partial charge on any atom is 0.225 e. The molecule has 2 unspecified atom stereocenters. The van der Waals surface area contributed by atoms with E-state index < -0.39 is 0 Å². The molecule has 1 aliphatic rings. The highest BCUT2D eigenvalue weighted by Crippen LogP contribution is 2.38. The van der Waals surface area contributed by atoms with E-state index >= 15 is 0 Å². The average Bonchev–Trinajstić information content (AvgIpc) is 2.63. The van der Waals surface area contributed by atoms with E-state index in [2.05, 4.69) is 43.0 Å². The maximum absolute atomic E-state index is 12.3. The Balaban J connectivity index is 1.93. The molecule has 2 N–H and O–H groups in total. The number of rotatable bonds is 5. The topological polar surface area (TPSA) is 46.3 Å². The summed E-state index contributed by atoms with van der Waals surface area (Å²) in [4.78, 5) is 14.7. The molecule has 1 heterocycles. The second kappa shape index (κ2) is 7.73. The fourth-order valence-corrected chi connectivity index (χ4v) is 3.95. The first-order valence-electron chi connectivity index (χ1n) is 9.26. The lowest BCUT2D eigenvalue weighted by Gasteiger charge is -2.35. The van der Waals surface area contributed by atoms with Gasteiger partial charge in [-0.1, -0.05) is 62.4 Å². The molecule has 0 bridgehead atoms. The summed E-state index contributed by atoms with van der Waals surface area (Å²) in [5, 5.41) is 0. The predicted molar refractivity (Wildman–Crippen MR) is 104 cm³/mol. The minimum atomic E-state index is -0.314. The van der Waals surface area contributed by atoms with Crippen molar-refractivity contribution in [2.24, 2.45) is 11.7 Å². The number of carbonyl (C=O) groups is 1. The minimum Gasteiger partial charge on any atom is -0.371 e. The second-order valence-corrected chi connectivity index (χ2v) is 7.31. The highest BCUT2D eigenvalue weighted by molar-refractivity contribution is 5.83. The smallest absolute Gasteiger partial charge is 0.225 e. The third-order valence-electron chi connectivity index (χ3n) is 5.52. The van der Waals surface area contributed by atoms with Crippen molar-refractivity contribution in [3.05, 3.63) is 65.7 Å². The van der Waals surface area contributed by atoms with Crippen LogP contribution in [-0.4, -0.2) is 19.0 Å². The molecule has 2 aromatic carbocycles. The van der Waals surface area contributed by atoms with Crippen molar-refractivity contribution in [1.29, 1.82) is 0 Å². The van der Waals surface area contributed by atoms with Crippen LogP contribution in [0.1, 0.15) is 49.7 Å². The molecule has 2 atom stereocenters. The van der Waals surface area contributed by atoms with Crippen LogP contribution in [0.5, 0.6) is 0 Å². The van der Waals surface area contributed by atoms with Crippen LogP contribution >= 0.6 is 0 Å². The zero-order valence-electron chi connectivity index (χ0n) is 15.2. The molecule has 2 aromatic rings. The number of nitrogens with two attached hydrogens (primary N) is 1. The van der Waals surface area contributed by atoms with Gasteiger partial charge in [-0.25, -0.2) is 0 Å². The zero-order valence-corrected chi connectivity index (χ0v) is 15.2. The minimum absolute atomic E-state index is 0.0375. The summed E-state index contributed by atoms with van der Waals surface area (Å²) in [6, 6.07) is 18.4. The van der Waals surface area contributed by atoms with Crippen molar-refractivity contribution < 1.29 is 4.79 Å². The first kappa shape index (κ1) is 17.5. The van der Waals surface area contributed by atoms with E-state index in [1.807, 2.05) is 30.3 Å². The van der Waals surface area contributed by atoms with Crippen molar-refractivity contribution >= 4 is 11.6 Å². The monoisotopic (exact) mass is 336 g/mol. The summed E-state index contributed by atoms with van der Waals surface area (Å²) >= 11 is 0. The molecule has 0 spiro atoms. The van der Waals surface area contributed by atoms with E-state index in [0.29, 0.717) is 0 Å².